The monoisotopic (exact) mass is 375 g/mol. The largest absolute Gasteiger partial charge is 0.444 e. The van der Waals surface area contributed by atoms with Crippen molar-refractivity contribution >= 4 is 15.9 Å². The number of amides is 1. The first kappa shape index (κ1) is 18.9. The van der Waals surface area contributed by atoms with Gasteiger partial charge in [0.15, 0.2) is 9.84 Å². The number of sulfone groups is 1. The van der Waals surface area contributed by atoms with E-state index in [0.717, 1.165) is 0 Å². The predicted molar refractivity (Wildman–Crippen MR) is 91.9 cm³/mol. The smallest absolute Gasteiger partial charge is 0.410 e. The zero-order valence-corrected chi connectivity index (χ0v) is 16.0. The van der Waals surface area contributed by atoms with Crippen LogP contribution in [-0.2, 0) is 14.6 Å². The van der Waals surface area contributed by atoms with Crippen molar-refractivity contribution in [3.63, 3.8) is 0 Å². The fourth-order valence-corrected chi connectivity index (χ4v) is 7.18. The summed E-state index contributed by atoms with van der Waals surface area (Å²) in [7, 11) is -3.17. The summed E-state index contributed by atoms with van der Waals surface area (Å²) in [5.41, 5.74) is -2.77. The van der Waals surface area contributed by atoms with Gasteiger partial charge in [0.2, 0.25) is 0 Å². The molecule has 0 aliphatic carbocycles. The molecule has 0 aromatic rings. The Morgan fingerprint density at radius 3 is 2.28 bits per heavy atom. The molecule has 3 unspecified atom stereocenters. The minimum atomic E-state index is -3.17. The van der Waals surface area contributed by atoms with Gasteiger partial charge in [-0.1, -0.05) is 0 Å². The van der Waals surface area contributed by atoms with Crippen molar-refractivity contribution < 1.29 is 28.2 Å². The summed E-state index contributed by atoms with van der Waals surface area (Å²) in [6.45, 7) is 5.67. The summed E-state index contributed by atoms with van der Waals surface area (Å²) in [5, 5.41) is 20.4. The lowest BCUT2D eigenvalue weighted by molar-refractivity contribution is -0.114. The van der Waals surface area contributed by atoms with Gasteiger partial charge in [0, 0.05) is 18.5 Å². The van der Waals surface area contributed by atoms with Crippen LogP contribution in [0.3, 0.4) is 0 Å². The van der Waals surface area contributed by atoms with Crippen molar-refractivity contribution in [2.45, 2.75) is 74.6 Å². The molecule has 7 nitrogen and oxygen atoms in total. The molecule has 3 aliphatic heterocycles. The van der Waals surface area contributed by atoms with E-state index in [1.807, 2.05) is 0 Å². The summed E-state index contributed by atoms with van der Waals surface area (Å²) < 4.78 is 30.1. The molecule has 0 radical (unpaired) electrons. The third kappa shape index (κ3) is 3.06. The van der Waals surface area contributed by atoms with E-state index < -0.39 is 43.0 Å². The Bertz CT molecular complexity index is 635. The number of rotatable bonds is 2. The predicted octanol–water partition coefficient (Wildman–Crippen LogP) is 1.08. The number of carbonyl (C=O) groups excluding carboxylic acids is 1. The third-order valence-electron chi connectivity index (χ3n) is 6.17. The molecule has 3 heterocycles. The number of nitrogens with zero attached hydrogens (tertiary/aromatic N) is 1. The molecule has 2 N–H and O–H groups in total. The maximum atomic E-state index is 12.3. The quantitative estimate of drug-likeness (QED) is 0.748. The van der Waals surface area contributed by atoms with Crippen LogP contribution in [0.5, 0.6) is 0 Å². The van der Waals surface area contributed by atoms with Gasteiger partial charge in [0.25, 0.3) is 0 Å². The van der Waals surface area contributed by atoms with Crippen molar-refractivity contribution in [2.24, 2.45) is 5.41 Å². The van der Waals surface area contributed by atoms with Gasteiger partial charge in [-0.2, -0.15) is 0 Å². The number of aliphatic hydroxyl groups excluding tert-OH is 1. The van der Waals surface area contributed by atoms with Crippen LogP contribution in [0.15, 0.2) is 0 Å². The lowest BCUT2D eigenvalue weighted by atomic mass is 9.67. The fourth-order valence-electron chi connectivity index (χ4n) is 4.69. The highest BCUT2D eigenvalue weighted by Gasteiger charge is 2.62. The second kappa shape index (κ2) is 5.82. The number of likely N-dealkylation sites (tertiary alicyclic amines) is 1. The Morgan fingerprint density at radius 2 is 1.80 bits per heavy atom. The van der Waals surface area contributed by atoms with E-state index in [1.165, 1.54) is 4.90 Å². The molecular weight excluding hydrogens is 346 g/mol. The molecule has 25 heavy (non-hydrogen) atoms. The number of hydrogen-bond donors (Lipinski definition) is 2. The molecule has 0 spiro atoms. The van der Waals surface area contributed by atoms with Gasteiger partial charge in [-0.05, 0) is 52.9 Å². The van der Waals surface area contributed by atoms with Gasteiger partial charge in [-0.25, -0.2) is 13.2 Å². The minimum absolute atomic E-state index is 0.147. The van der Waals surface area contributed by atoms with Gasteiger partial charge in [0.1, 0.15) is 5.60 Å². The molecule has 0 aromatic heterocycles. The molecule has 2 bridgehead atoms. The molecule has 3 atom stereocenters. The number of aliphatic hydroxyl groups is 2. The molecule has 3 aliphatic rings. The van der Waals surface area contributed by atoms with Gasteiger partial charge < -0.3 is 19.8 Å². The van der Waals surface area contributed by atoms with Crippen LogP contribution in [0.2, 0.25) is 0 Å². The molecule has 144 valence electrons. The number of hydrogen-bond acceptors (Lipinski definition) is 6. The van der Waals surface area contributed by atoms with E-state index in [4.69, 9.17) is 4.74 Å². The van der Waals surface area contributed by atoms with E-state index >= 15 is 0 Å². The van der Waals surface area contributed by atoms with Crippen molar-refractivity contribution in [1.82, 2.24) is 4.90 Å². The third-order valence-corrected chi connectivity index (χ3v) is 8.83. The van der Waals surface area contributed by atoms with Crippen LogP contribution in [-0.4, -0.2) is 71.0 Å². The second-order valence-corrected chi connectivity index (χ2v) is 11.5. The van der Waals surface area contributed by atoms with Gasteiger partial charge in [0.05, 0.1) is 22.7 Å². The minimum Gasteiger partial charge on any atom is -0.444 e. The first-order chi connectivity index (χ1) is 11.4. The summed E-state index contributed by atoms with van der Waals surface area (Å²) in [6.07, 6.45) is 1.43. The molecule has 0 aromatic carbocycles. The Labute approximate surface area is 149 Å². The van der Waals surface area contributed by atoms with E-state index in [-0.39, 0.29) is 26.0 Å². The molecule has 3 rings (SSSR count). The van der Waals surface area contributed by atoms with E-state index in [0.29, 0.717) is 25.8 Å². The first-order valence-electron chi connectivity index (χ1n) is 8.96. The lowest BCUT2D eigenvalue weighted by Gasteiger charge is -2.48. The summed E-state index contributed by atoms with van der Waals surface area (Å²) in [6, 6.07) is 0. The first-order valence-corrected chi connectivity index (χ1v) is 10.6. The Balaban J connectivity index is 1.80. The van der Waals surface area contributed by atoms with Crippen LogP contribution >= 0.6 is 0 Å². The number of carbonyl (C=O) groups is 1. The summed E-state index contributed by atoms with van der Waals surface area (Å²) in [5.74, 6) is 0. The second-order valence-electron chi connectivity index (χ2n) is 8.94. The Morgan fingerprint density at radius 1 is 1.24 bits per heavy atom. The number of ether oxygens (including phenoxy) is 1. The van der Waals surface area contributed by atoms with Gasteiger partial charge in [-0.15, -0.1) is 0 Å². The average molecular weight is 375 g/mol. The Kier molecular flexibility index (Phi) is 4.41. The van der Waals surface area contributed by atoms with Crippen molar-refractivity contribution in [3.05, 3.63) is 0 Å². The van der Waals surface area contributed by atoms with Crippen LogP contribution in [0.25, 0.3) is 0 Å². The van der Waals surface area contributed by atoms with Gasteiger partial charge >= 0.3 is 6.09 Å². The van der Waals surface area contributed by atoms with E-state index in [1.54, 1.807) is 20.8 Å². The SMILES string of the molecule is CC(C)(C)OC(=O)N1CCC(CO)(C2(O)CC3CCC(C2)S3(=O)=O)C1. The molecule has 1 amide bonds. The standard InChI is InChI=1S/C17H29NO6S/c1-15(2,3)24-14(20)18-7-6-16(10-18,11-19)17(21)8-12-4-5-13(9-17)25(12,22)23/h12-13,19,21H,4-11H2,1-3H3. The highest BCUT2D eigenvalue weighted by Crippen LogP contribution is 2.53. The molecule has 0 saturated carbocycles. The van der Waals surface area contributed by atoms with Crippen LogP contribution < -0.4 is 0 Å². The van der Waals surface area contributed by atoms with Crippen molar-refractivity contribution in [3.8, 4) is 0 Å². The molecule has 3 fully saturated rings. The van der Waals surface area contributed by atoms with E-state index in [9.17, 15) is 23.4 Å². The zero-order chi connectivity index (χ0) is 18.7. The normalized spacial score (nSPS) is 40.3. The summed E-state index contributed by atoms with van der Waals surface area (Å²) >= 11 is 0. The molecule has 3 saturated heterocycles. The maximum Gasteiger partial charge on any atom is 0.410 e. The highest BCUT2D eigenvalue weighted by atomic mass is 32.2. The lowest BCUT2D eigenvalue weighted by Crippen LogP contribution is -2.58. The maximum absolute atomic E-state index is 12.3. The van der Waals surface area contributed by atoms with Crippen molar-refractivity contribution in [1.29, 1.82) is 0 Å². The average Bonchev–Trinajstić information content (AvgIpc) is 2.97. The van der Waals surface area contributed by atoms with Gasteiger partial charge in [-0.3, -0.25) is 0 Å². The highest BCUT2D eigenvalue weighted by molar-refractivity contribution is 7.93. The zero-order valence-electron chi connectivity index (χ0n) is 15.2. The van der Waals surface area contributed by atoms with E-state index in [2.05, 4.69) is 0 Å². The Hall–Kier alpha value is -0.860. The van der Waals surface area contributed by atoms with Crippen molar-refractivity contribution in [2.75, 3.05) is 19.7 Å². The van der Waals surface area contributed by atoms with Crippen LogP contribution in [0, 0.1) is 5.41 Å². The molecular formula is C17H29NO6S. The van der Waals surface area contributed by atoms with Crippen LogP contribution in [0.1, 0.15) is 52.9 Å². The summed E-state index contributed by atoms with van der Waals surface area (Å²) in [4.78, 5) is 13.9. The number of fused-ring (bicyclic) bond motifs is 2. The van der Waals surface area contributed by atoms with Crippen LogP contribution in [0.4, 0.5) is 4.79 Å². The topological polar surface area (TPSA) is 104 Å². The fraction of sp³-hybridized carbons (Fsp3) is 0.941. The molecule has 8 heteroatoms.